The summed E-state index contributed by atoms with van der Waals surface area (Å²) in [5, 5.41) is 13.6. The van der Waals surface area contributed by atoms with Crippen LogP contribution in [0, 0.1) is 10.1 Å². The van der Waals surface area contributed by atoms with E-state index in [9.17, 15) is 14.9 Å². The highest BCUT2D eigenvalue weighted by Crippen LogP contribution is 2.18. The van der Waals surface area contributed by atoms with Crippen molar-refractivity contribution in [3.63, 3.8) is 0 Å². The van der Waals surface area contributed by atoms with E-state index >= 15 is 0 Å². The zero-order valence-electron chi connectivity index (χ0n) is 14.0. The second-order valence-corrected chi connectivity index (χ2v) is 6.14. The van der Waals surface area contributed by atoms with Gasteiger partial charge >= 0.3 is 5.95 Å². The molecule has 0 saturated heterocycles. The fourth-order valence-corrected chi connectivity index (χ4v) is 2.83. The van der Waals surface area contributed by atoms with Gasteiger partial charge in [0, 0.05) is 36.2 Å². The van der Waals surface area contributed by atoms with E-state index in [2.05, 4.69) is 15.2 Å². The van der Waals surface area contributed by atoms with Gasteiger partial charge in [-0.3, -0.25) is 4.79 Å². The van der Waals surface area contributed by atoms with Crippen LogP contribution in [0.1, 0.15) is 6.42 Å². The van der Waals surface area contributed by atoms with Crippen LogP contribution in [0.2, 0.25) is 0 Å². The highest BCUT2D eigenvalue weighted by atomic mass is 35.5. The maximum absolute atomic E-state index is 12.1. The minimum absolute atomic E-state index is 0.101. The third-order valence-corrected chi connectivity index (χ3v) is 4.00. The van der Waals surface area contributed by atoms with E-state index in [1.165, 1.54) is 17.0 Å². The first-order chi connectivity index (χ1) is 12.5. The van der Waals surface area contributed by atoms with Crippen molar-refractivity contribution in [3.8, 4) is 0 Å². The van der Waals surface area contributed by atoms with Gasteiger partial charge in [0.15, 0.2) is 0 Å². The summed E-state index contributed by atoms with van der Waals surface area (Å²) < 4.78 is 1.33. The van der Waals surface area contributed by atoms with Crippen LogP contribution in [0.15, 0.2) is 36.7 Å². The average molecular weight is 400 g/mol. The summed E-state index contributed by atoms with van der Waals surface area (Å²) in [6.45, 7) is 1.55. The standard InChI is InChI=1S/C16H19Cl2N5O3/c17-6-10-21(11-7-18)14-3-1-13(2-4-14)20-15(24)5-9-22-12-8-19-16(22)23(25)26/h1-4,8,12H,5-7,9-11H2,(H,20,24). The van der Waals surface area contributed by atoms with Crippen molar-refractivity contribution in [1.29, 1.82) is 0 Å². The molecule has 140 valence electrons. The van der Waals surface area contributed by atoms with Crippen molar-refractivity contribution < 1.29 is 9.72 Å². The van der Waals surface area contributed by atoms with E-state index in [0.29, 0.717) is 30.5 Å². The number of amides is 1. The molecule has 0 atom stereocenters. The average Bonchev–Trinajstić information content (AvgIpc) is 3.09. The first kappa shape index (κ1) is 20.0. The van der Waals surface area contributed by atoms with Crippen LogP contribution < -0.4 is 10.2 Å². The second-order valence-electron chi connectivity index (χ2n) is 5.39. The lowest BCUT2D eigenvalue weighted by molar-refractivity contribution is -0.396. The molecule has 2 rings (SSSR count). The number of halogens is 2. The van der Waals surface area contributed by atoms with Crippen molar-refractivity contribution in [3.05, 3.63) is 46.8 Å². The molecule has 0 spiro atoms. The van der Waals surface area contributed by atoms with E-state index in [4.69, 9.17) is 23.2 Å². The number of rotatable bonds is 10. The molecule has 1 aromatic heterocycles. The van der Waals surface area contributed by atoms with Crippen molar-refractivity contribution in [1.82, 2.24) is 9.55 Å². The molecule has 0 aliphatic rings. The topological polar surface area (TPSA) is 93.3 Å². The van der Waals surface area contributed by atoms with Crippen LogP contribution in [0.25, 0.3) is 0 Å². The number of nitrogens with zero attached hydrogens (tertiary/aromatic N) is 4. The highest BCUT2D eigenvalue weighted by Gasteiger charge is 2.15. The Bertz CT molecular complexity index is 730. The molecular weight excluding hydrogens is 381 g/mol. The molecule has 26 heavy (non-hydrogen) atoms. The van der Waals surface area contributed by atoms with E-state index in [0.717, 1.165) is 5.69 Å². The number of anilines is 2. The van der Waals surface area contributed by atoms with Gasteiger partial charge in [-0.25, -0.2) is 4.57 Å². The number of benzene rings is 1. The molecule has 0 radical (unpaired) electrons. The summed E-state index contributed by atoms with van der Waals surface area (Å²) in [6.07, 6.45) is 2.91. The lowest BCUT2D eigenvalue weighted by Gasteiger charge is -2.23. The molecular formula is C16H19Cl2N5O3. The lowest BCUT2D eigenvalue weighted by Crippen LogP contribution is -2.27. The molecule has 0 bridgehead atoms. The Balaban J connectivity index is 1.90. The smallest absolute Gasteiger partial charge is 0.390 e. The monoisotopic (exact) mass is 399 g/mol. The Kier molecular flexibility index (Phi) is 7.68. The molecule has 2 aromatic rings. The fraction of sp³-hybridized carbons (Fsp3) is 0.375. The summed E-state index contributed by atoms with van der Waals surface area (Å²) in [7, 11) is 0. The quantitative estimate of drug-likeness (QED) is 0.376. The zero-order chi connectivity index (χ0) is 18.9. The predicted molar refractivity (Wildman–Crippen MR) is 102 cm³/mol. The fourth-order valence-electron chi connectivity index (χ4n) is 2.42. The number of carbonyl (C=O) groups is 1. The SMILES string of the molecule is O=C(CCn1ccnc1[N+](=O)[O-])Nc1ccc(N(CCCl)CCCl)cc1. The van der Waals surface area contributed by atoms with Crippen LogP contribution in [0.5, 0.6) is 0 Å². The van der Waals surface area contributed by atoms with E-state index in [1.807, 2.05) is 12.1 Å². The van der Waals surface area contributed by atoms with Gasteiger partial charge < -0.3 is 20.3 Å². The molecule has 0 fully saturated rings. The minimum Gasteiger partial charge on any atom is -0.390 e. The van der Waals surface area contributed by atoms with Crippen LogP contribution in [-0.4, -0.2) is 45.2 Å². The first-order valence-corrected chi connectivity index (χ1v) is 9.04. The van der Waals surface area contributed by atoms with E-state index < -0.39 is 4.92 Å². The Morgan fingerprint density at radius 2 is 1.88 bits per heavy atom. The third-order valence-electron chi connectivity index (χ3n) is 3.66. The maximum atomic E-state index is 12.1. The van der Waals surface area contributed by atoms with Gasteiger partial charge in [0.1, 0.15) is 12.4 Å². The third kappa shape index (κ3) is 5.60. The second kappa shape index (κ2) is 9.98. The summed E-state index contributed by atoms with van der Waals surface area (Å²) >= 11 is 11.6. The summed E-state index contributed by atoms with van der Waals surface area (Å²) in [5.41, 5.74) is 1.62. The normalized spacial score (nSPS) is 10.5. The van der Waals surface area contributed by atoms with Gasteiger partial charge in [-0.2, -0.15) is 0 Å². The van der Waals surface area contributed by atoms with E-state index in [1.54, 1.807) is 12.1 Å². The Hall–Kier alpha value is -2.32. The van der Waals surface area contributed by atoms with Crippen molar-refractivity contribution in [2.75, 3.05) is 35.1 Å². The molecule has 0 saturated carbocycles. The maximum Gasteiger partial charge on any atom is 0.434 e. The molecule has 1 aromatic carbocycles. The molecule has 0 aliphatic heterocycles. The van der Waals surface area contributed by atoms with Crippen LogP contribution in [-0.2, 0) is 11.3 Å². The number of nitrogens with one attached hydrogen (secondary N) is 1. The summed E-state index contributed by atoms with van der Waals surface area (Å²) in [6, 6.07) is 7.36. The van der Waals surface area contributed by atoms with Gasteiger partial charge in [0.05, 0.1) is 13.0 Å². The molecule has 1 heterocycles. The molecule has 10 heteroatoms. The van der Waals surface area contributed by atoms with Gasteiger partial charge in [0.2, 0.25) is 5.91 Å². The molecule has 8 nitrogen and oxygen atoms in total. The first-order valence-electron chi connectivity index (χ1n) is 7.97. The minimum atomic E-state index is -0.579. The molecule has 1 N–H and O–H groups in total. The number of aryl methyl sites for hydroxylation is 1. The number of hydrogen-bond donors (Lipinski definition) is 1. The number of imidazole rings is 1. The van der Waals surface area contributed by atoms with Crippen LogP contribution in [0.3, 0.4) is 0 Å². The van der Waals surface area contributed by atoms with Crippen molar-refractivity contribution >= 4 is 46.4 Å². The summed E-state index contributed by atoms with van der Waals surface area (Å²) in [5.74, 6) is 0.478. The Morgan fingerprint density at radius 3 is 2.46 bits per heavy atom. The molecule has 0 unspecified atom stereocenters. The number of alkyl halides is 2. The van der Waals surface area contributed by atoms with Gasteiger partial charge in [-0.05, 0) is 29.2 Å². The van der Waals surface area contributed by atoms with E-state index in [-0.39, 0.29) is 24.8 Å². The Labute approximate surface area is 160 Å². The number of hydrogen-bond acceptors (Lipinski definition) is 5. The molecule has 0 aliphatic carbocycles. The number of nitro groups is 1. The van der Waals surface area contributed by atoms with Gasteiger partial charge in [-0.1, -0.05) is 4.98 Å². The van der Waals surface area contributed by atoms with Crippen molar-refractivity contribution in [2.24, 2.45) is 0 Å². The van der Waals surface area contributed by atoms with Gasteiger partial charge in [0.25, 0.3) is 0 Å². The molecule has 1 amide bonds. The predicted octanol–water partition coefficient (Wildman–Crippen LogP) is 3.10. The zero-order valence-corrected chi connectivity index (χ0v) is 15.5. The van der Waals surface area contributed by atoms with Crippen LogP contribution >= 0.6 is 23.2 Å². The Morgan fingerprint density at radius 1 is 1.23 bits per heavy atom. The summed E-state index contributed by atoms with van der Waals surface area (Å²) in [4.78, 5) is 28.0. The van der Waals surface area contributed by atoms with Crippen molar-refractivity contribution in [2.45, 2.75) is 13.0 Å². The highest BCUT2D eigenvalue weighted by molar-refractivity contribution is 6.18. The van der Waals surface area contributed by atoms with Gasteiger partial charge in [-0.15, -0.1) is 23.2 Å². The number of aromatic nitrogens is 2. The lowest BCUT2D eigenvalue weighted by atomic mass is 10.2. The van der Waals surface area contributed by atoms with Crippen LogP contribution in [0.4, 0.5) is 17.3 Å². The number of carbonyl (C=O) groups excluding carboxylic acids is 1. The largest absolute Gasteiger partial charge is 0.434 e.